The van der Waals surface area contributed by atoms with Crippen LogP contribution in [0.5, 0.6) is 0 Å². The molecule has 1 fully saturated rings. The van der Waals surface area contributed by atoms with Gasteiger partial charge in [0, 0.05) is 10.9 Å². The Morgan fingerprint density at radius 3 is 2.76 bits per heavy atom. The van der Waals surface area contributed by atoms with Crippen LogP contribution in [0.3, 0.4) is 0 Å². The van der Waals surface area contributed by atoms with Crippen LogP contribution in [0.4, 0.5) is 4.39 Å². The molecule has 1 aliphatic carbocycles. The Kier molecular flexibility index (Phi) is 5.94. The van der Waals surface area contributed by atoms with Gasteiger partial charge < -0.3 is 5.32 Å². The van der Waals surface area contributed by atoms with Crippen molar-refractivity contribution in [2.45, 2.75) is 56.2 Å². The topological polar surface area (TPSA) is 29.1 Å². The summed E-state index contributed by atoms with van der Waals surface area (Å²) in [4.78, 5) is 0.615. The van der Waals surface area contributed by atoms with Gasteiger partial charge in [0.15, 0.2) is 0 Å². The van der Waals surface area contributed by atoms with Crippen LogP contribution < -0.4 is 5.32 Å². The van der Waals surface area contributed by atoms with Crippen LogP contribution in [0.2, 0.25) is 0 Å². The fourth-order valence-electron chi connectivity index (χ4n) is 3.47. The van der Waals surface area contributed by atoms with Crippen LogP contribution in [0.15, 0.2) is 29.2 Å². The predicted octanol–water partition coefficient (Wildman–Crippen LogP) is 3.74. The number of hydrogen-bond acceptors (Lipinski definition) is 2. The summed E-state index contributed by atoms with van der Waals surface area (Å²) in [5.74, 6) is 0.720. The molecule has 5 unspecified atom stereocenters. The van der Waals surface area contributed by atoms with E-state index in [4.69, 9.17) is 0 Å². The van der Waals surface area contributed by atoms with Crippen molar-refractivity contribution in [1.29, 1.82) is 0 Å². The first kappa shape index (κ1) is 16.6. The van der Waals surface area contributed by atoms with E-state index in [2.05, 4.69) is 26.1 Å². The molecule has 0 saturated heterocycles. The monoisotopic (exact) mass is 311 g/mol. The summed E-state index contributed by atoms with van der Waals surface area (Å²) in [6.45, 7) is 7.53. The first-order valence-electron chi connectivity index (χ1n) is 7.92. The lowest BCUT2D eigenvalue weighted by molar-refractivity contribution is 0.246. The molecule has 2 nitrogen and oxygen atoms in total. The summed E-state index contributed by atoms with van der Waals surface area (Å²) in [6.07, 6.45) is 3.21. The zero-order valence-electron chi connectivity index (χ0n) is 13.1. The number of hydrogen-bond donors (Lipinski definition) is 1. The lowest BCUT2D eigenvalue weighted by Crippen LogP contribution is -2.50. The normalized spacial score (nSPS) is 31.0. The number of rotatable bonds is 5. The molecule has 4 heteroatoms. The highest BCUT2D eigenvalue weighted by atomic mass is 32.2. The molecule has 1 aromatic rings. The maximum absolute atomic E-state index is 13.4. The molecule has 0 bridgehead atoms. The van der Waals surface area contributed by atoms with Crippen LogP contribution in [-0.4, -0.2) is 22.0 Å². The largest absolute Gasteiger partial charge is 0.313 e. The summed E-state index contributed by atoms with van der Waals surface area (Å²) in [5.41, 5.74) is 0. The summed E-state index contributed by atoms with van der Waals surface area (Å²) < 4.78 is 26.4. The average Bonchev–Trinajstić information content (AvgIpc) is 2.44. The first-order valence-corrected chi connectivity index (χ1v) is 9.13. The van der Waals surface area contributed by atoms with Gasteiger partial charge in [-0.15, -0.1) is 0 Å². The van der Waals surface area contributed by atoms with E-state index in [1.165, 1.54) is 12.1 Å². The predicted molar refractivity (Wildman–Crippen MR) is 86.2 cm³/mol. The summed E-state index contributed by atoms with van der Waals surface area (Å²) >= 11 is 0. The van der Waals surface area contributed by atoms with Gasteiger partial charge in [0.05, 0.1) is 16.0 Å². The Bertz CT molecular complexity index is 493. The quantitative estimate of drug-likeness (QED) is 0.897. The van der Waals surface area contributed by atoms with Gasteiger partial charge in [-0.1, -0.05) is 26.8 Å². The Balaban J connectivity index is 2.21. The molecule has 21 heavy (non-hydrogen) atoms. The molecule has 0 heterocycles. The van der Waals surface area contributed by atoms with Crippen molar-refractivity contribution in [3.05, 3.63) is 30.1 Å². The minimum Gasteiger partial charge on any atom is -0.313 e. The molecule has 0 aliphatic heterocycles. The molecule has 1 aliphatic rings. The van der Waals surface area contributed by atoms with Crippen molar-refractivity contribution in [3.8, 4) is 0 Å². The highest BCUT2D eigenvalue weighted by molar-refractivity contribution is 7.85. The molecule has 118 valence electrons. The third-order valence-corrected chi connectivity index (χ3v) is 6.33. The van der Waals surface area contributed by atoms with Crippen LogP contribution in [0, 0.1) is 17.7 Å². The second kappa shape index (κ2) is 7.50. The highest BCUT2D eigenvalue weighted by Crippen LogP contribution is 2.34. The van der Waals surface area contributed by atoms with E-state index in [9.17, 15) is 8.60 Å². The second-order valence-corrected chi connectivity index (χ2v) is 7.94. The Labute approximate surface area is 130 Å². The number of nitrogens with one attached hydrogen (secondary N) is 1. The lowest BCUT2D eigenvalue weighted by atomic mass is 9.80. The average molecular weight is 311 g/mol. The third kappa shape index (κ3) is 4.13. The van der Waals surface area contributed by atoms with Crippen molar-refractivity contribution in [2.75, 3.05) is 6.54 Å². The highest BCUT2D eigenvalue weighted by Gasteiger charge is 2.38. The number of halogens is 1. The van der Waals surface area contributed by atoms with Crippen molar-refractivity contribution in [3.63, 3.8) is 0 Å². The van der Waals surface area contributed by atoms with E-state index in [1.807, 2.05) is 0 Å². The molecular formula is C17H26FNOS. The molecule has 5 atom stereocenters. The SMILES string of the molecule is CCCNC1CC(C)CC(C)C1S(=O)c1cccc(F)c1. The molecule has 1 aromatic carbocycles. The third-order valence-electron chi connectivity index (χ3n) is 4.32. The molecule has 2 rings (SSSR count). The first-order chi connectivity index (χ1) is 10.0. The van der Waals surface area contributed by atoms with Gasteiger partial charge in [-0.3, -0.25) is 4.21 Å². The van der Waals surface area contributed by atoms with E-state index >= 15 is 0 Å². The summed E-state index contributed by atoms with van der Waals surface area (Å²) in [5, 5.41) is 3.63. The van der Waals surface area contributed by atoms with Gasteiger partial charge in [0.1, 0.15) is 5.82 Å². The van der Waals surface area contributed by atoms with E-state index < -0.39 is 10.8 Å². The smallest absolute Gasteiger partial charge is 0.124 e. The van der Waals surface area contributed by atoms with Gasteiger partial charge in [0.2, 0.25) is 0 Å². The Morgan fingerprint density at radius 2 is 2.10 bits per heavy atom. The lowest BCUT2D eigenvalue weighted by Gasteiger charge is -2.39. The zero-order valence-corrected chi connectivity index (χ0v) is 14.0. The molecule has 0 radical (unpaired) electrons. The Hall–Kier alpha value is -0.740. The molecule has 1 saturated carbocycles. The van der Waals surface area contributed by atoms with Crippen molar-refractivity contribution in [1.82, 2.24) is 5.32 Å². The standard InChI is InChI=1S/C17H26FNOS/c1-4-8-19-16-10-12(2)9-13(3)17(16)21(20)15-7-5-6-14(18)11-15/h5-7,11-13,16-17,19H,4,8-10H2,1-3H3. The van der Waals surface area contributed by atoms with Crippen molar-refractivity contribution < 1.29 is 8.60 Å². The van der Waals surface area contributed by atoms with Crippen LogP contribution in [0.25, 0.3) is 0 Å². The van der Waals surface area contributed by atoms with E-state index in [-0.39, 0.29) is 17.1 Å². The van der Waals surface area contributed by atoms with Crippen LogP contribution >= 0.6 is 0 Å². The second-order valence-electron chi connectivity index (χ2n) is 6.33. The molecule has 0 spiro atoms. The van der Waals surface area contributed by atoms with Gasteiger partial charge in [-0.2, -0.15) is 0 Å². The molecule has 0 amide bonds. The summed E-state index contributed by atoms with van der Waals surface area (Å²) in [6, 6.07) is 6.50. The van der Waals surface area contributed by atoms with E-state index in [0.717, 1.165) is 25.8 Å². The van der Waals surface area contributed by atoms with Gasteiger partial charge in [-0.25, -0.2) is 4.39 Å². The van der Waals surface area contributed by atoms with Gasteiger partial charge in [0.25, 0.3) is 0 Å². The summed E-state index contributed by atoms with van der Waals surface area (Å²) in [7, 11) is -1.16. The fraction of sp³-hybridized carbons (Fsp3) is 0.647. The van der Waals surface area contributed by atoms with E-state index in [1.54, 1.807) is 12.1 Å². The maximum atomic E-state index is 13.4. The van der Waals surface area contributed by atoms with Crippen molar-refractivity contribution >= 4 is 10.8 Å². The van der Waals surface area contributed by atoms with Crippen molar-refractivity contribution in [2.24, 2.45) is 11.8 Å². The zero-order chi connectivity index (χ0) is 15.4. The minimum absolute atomic E-state index is 0.0644. The Morgan fingerprint density at radius 1 is 1.33 bits per heavy atom. The number of benzene rings is 1. The molecule has 1 N–H and O–H groups in total. The van der Waals surface area contributed by atoms with Gasteiger partial charge >= 0.3 is 0 Å². The van der Waals surface area contributed by atoms with Gasteiger partial charge in [-0.05, 0) is 55.8 Å². The minimum atomic E-state index is -1.16. The molecular weight excluding hydrogens is 285 g/mol. The van der Waals surface area contributed by atoms with Crippen LogP contribution in [-0.2, 0) is 10.8 Å². The molecule has 0 aromatic heterocycles. The van der Waals surface area contributed by atoms with Crippen LogP contribution in [0.1, 0.15) is 40.0 Å². The van der Waals surface area contributed by atoms with E-state index in [0.29, 0.717) is 16.7 Å². The maximum Gasteiger partial charge on any atom is 0.124 e. The fourth-order valence-corrected chi connectivity index (χ4v) is 5.26.